The zero-order valence-electron chi connectivity index (χ0n) is 14.9. The molecule has 0 radical (unpaired) electrons. The molecule has 2 N–H and O–H groups in total. The second kappa shape index (κ2) is 7.68. The molecule has 2 atom stereocenters. The van der Waals surface area contributed by atoms with Gasteiger partial charge in [0.15, 0.2) is 0 Å². The second-order valence-electron chi connectivity index (χ2n) is 6.88. The van der Waals surface area contributed by atoms with Crippen molar-refractivity contribution in [2.24, 2.45) is 0 Å². The molecule has 6 nitrogen and oxygen atoms in total. The molecule has 2 heterocycles. The van der Waals surface area contributed by atoms with Crippen molar-refractivity contribution in [1.29, 1.82) is 0 Å². The molecule has 2 aromatic rings. The monoisotopic (exact) mass is 358 g/mol. The van der Waals surface area contributed by atoms with Crippen LogP contribution in [0.5, 0.6) is 0 Å². The summed E-state index contributed by atoms with van der Waals surface area (Å²) in [5.74, 6) is -0.587. The summed E-state index contributed by atoms with van der Waals surface area (Å²) in [5, 5.41) is 9.64. The van der Waals surface area contributed by atoms with Gasteiger partial charge in [-0.3, -0.25) is 14.7 Å². The van der Waals surface area contributed by atoms with Crippen LogP contribution in [0.15, 0.2) is 36.4 Å². The Bertz CT molecular complexity index is 775. The number of nitrogens with one attached hydrogen (secondary N) is 2. The standard InChI is InChI=1S/C19H23FN4O2/c1-12(2)15-10-16(23-22-15)19(26)24-9-8-14(11-24)21-18(25)17(20)13-6-4-3-5-7-13/h3-7,10,12,14,17H,8-9,11H2,1-2H3,(H,21,25)(H,22,23). The zero-order chi connectivity index (χ0) is 18.7. The number of H-pyrrole nitrogens is 1. The van der Waals surface area contributed by atoms with Gasteiger partial charge < -0.3 is 10.2 Å². The molecular formula is C19H23FN4O2. The van der Waals surface area contributed by atoms with Gasteiger partial charge in [-0.15, -0.1) is 0 Å². The smallest absolute Gasteiger partial charge is 0.274 e. The van der Waals surface area contributed by atoms with E-state index in [1.165, 1.54) is 0 Å². The van der Waals surface area contributed by atoms with Crippen molar-refractivity contribution in [2.75, 3.05) is 13.1 Å². The maximum absolute atomic E-state index is 14.3. The van der Waals surface area contributed by atoms with E-state index in [2.05, 4.69) is 15.5 Å². The minimum absolute atomic E-state index is 0.176. The Hall–Kier alpha value is -2.70. The lowest BCUT2D eigenvalue weighted by Crippen LogP contribution is -2.40. The normalized spacial score (nSPS) is 18.2. The molecule has 138 valence electrons. The lowest BCUT2D eigenvalue weighted by atomic mass is 10.1. The summed E-state index contributed by atoms with van der Waals surface area (Å²) in [6.07, 6.45) is -1.11. The number of alkyl halides is 1. The van der Waals surface area contributed by atoms with E-state index in [0.717, 1.165) is 5.69 Å². The molecule has 1 aliphatic rings. The SMILES string of the molecule is CC(C)c1cc(C(=O)N2CCC(NC(=O)C(F)c3ccccc3)C2)n[nH]1. The number of carbonyl (C=O) groups excluding carboxylic acids is 2. The van der Waals surface area contributed by atoms with E-state index in [1.807, 2.05) is 13.8 Å². The number of aromatic amines is 1. The molecule has 0 spiro atoms. The van der Waals surface area contributed by atoms with Crippen molar-refractivity contribution in [3.63, 3.8) is 0 Å². The molecular weight excluding hydrogens is 335 g/mol. The third-order valence-corrected chi connectivity index (χ3v) is 4.58. The first kappa shape index (κ1) is 18.1. The number of halogens is 1. The Balaban J connectivity index is 1.56. The molecule has 1 aromatic heterocycles. The highest BCUT2D eigenvalue weighted by atomic mass is 19.1. The molecule has 7 heteroatoms. The Morgan fingerprint density at radius 3 is 2.69 bits per heavy atom. The molecule has 1 aliphatic heterocycles. The number of aromatic nitrogens is 2. The van der Waals surface area contributed by atoms with Gasteiger partial charge in [-0.25, -0.2) is 4.39 Å². The molecule has 0 saturated carbocycles. The maximum atomic E-state index is 14.3. The Morgan fingerprint density at radius 1 is 1.31 bits per heavy atom. The Labute approximate surface area is 151 Å². The predicted octanol–water partition coefficient (Wildman–Crippen LogP) is 2.57. The Morgan fingerprint density at radius 2 is 2.04 bits per heavy atom. The summed E-state index contributed by atoms with van der Waals surface area (Å²) in [4.78, 5) is 26.3. The third-order valence-electron chi connectivity index (χ3n) is 4.58. The number of benzene rings is 1. The van der Waals surface area contributed by atoms with Gasteiger partial charge in [0.2, 0.25) is 6.17 Å². The fourth-order valence-electron chi connectivity index (χ4n) is 3.01. The summed E-state index contributed by atoms with van der Waals surface area (Å²) in [5.41, 5.74) is 1.60. The van der Waals surface area contributed by atoms with Crippen LogP contribution in [-0.2, 0) is 4.79 Å². The molecule has 1 saturated heterocycles. The summed E-state index contributed by atoms with van der Waals surface area (Å²) < 4.78 is 14.3. The van der Waals surface area contributed by atoms with E-state index in [4.69, 9.17) is 0 Å². The summed E-state index contributed by atoms with van der Waals surface area (Å²) in [6, 6.07) is 9.83. The highest BCUT2D eigenvalue weighted by Gasteiger charge is 2.31. The largest absolute Gasteiger partial charge is 0.349 e. The topological polar surface area (TPSA) is 78.1 Å². The molecule has 3 rings (SSSR count). The maximum Gasteiger partial charge on any atom is 0.274 e. The van der Waals surface area contributed by atoms with Crippen molar-refractivity contribution in [1.82, 2.24) is 20.4 Å². The van der Waals surface area contributed by atoms with Gasteiger partial charge in [0, 0.05) is 24.8 Å². The quantitative estimate of drug-likeness (QED) is 0.862. The lowest BCUT2D eigenvalue weighted by Gasteiger charge is -2.17. The highest BCUT2D eigenvalue weighted by molar-refractivity contribution is 5.92. The summed E-state index contributed by atoms with van der Waals surface area (Å²) in [6.45, 7) is 4.90. The van der Waals surface area contributed by atoms with Crippen LogP contribution in [-0.4, -0.2) is 46.0 Å². The first-order chi connectivity index (χ1) is 12.5. The number of likely N-dealkylation sites (tertiary alicyclic amines) is 1. The number of carbonyl (C=O) groups is 2. The van der Waals surface area contributed by atoms with Gasteiger partial charge in [-0.05, 0) is 24.0 Å². The van der Waals surface area contributed by atoms with Crippen LogP contribution < -0.4 is 5.32 Å². The fraction of sp³-hybridized carbons (Fsp3) is 0.421. The van der Waals surface area contributed by atoms with E-state index in [-0.39, 0.29) is 17.9 Å². The molecule has 0 bridgehead atoms. The number of rotatable bonds is 5. The molecule has 2 unspecified atom stereocenters. The first-order valence-corrected chi connectivity index (χ1v) is 8.79. The van der Waals surface area contributed by atoms with E-state index in [1.54, 1.807) is 41.3 Å². The van der Waals surface area contributed by atoms with Gasteiger partial charge in [0.1, 0.15) is 5.69 Å². The van der Waals surface area contributed by atoms with Crippen molar-refractivity contribution in [3.8, 4) is 0 Å². The van der Waals surface area contributed by atoms with E-state index >= 15 is 0 Å². The molecule has 26 heavy (non-hydrogen) atoms. The van der Waals surface area contributed by atoms with Crippen LogP contribution >= 0.6 is 0 Å². The van der Waals surface area contributed by atoms with E-state index in [0.29, 0.717) is 30.8 Å². The number of amides is 2. The van der Waals surface area contributed by atoms with Gasteiger partial charge in [-0.2, -0.15) is 5.10 Å². The Kier molecular flexibility index (Phi) is 5.35. The average molecular weight is 358 g/mol. The third kappa shape index (κ3) is 3.92. The zero-order valence-corrected chi connectivity index (χ0v) is 14.9. The molecule has 0 aliphatic carbocycles. The van der Waals surface area contributed by atoms with Crippen molar-refractivity contribution < 1.29 is 14.0 Å². The minimum atomic E-state index is -1.71. The number of nitrogens with zero attached hydrogens (tertiary/aromatic N) is 2. The lowest BCUT2D eigenvalue weighted by molar-refractivity contribution is -0.126. The van der Waals surface area contributed by atoms with Crippen LogP contribution in [0.1, 0.15) is 54.1 Å². The van der Waals surface area contributed by atoms with E-state index in [9.17, 15) is 14.0 Å². The van der Waals surface area contributed by atoms with Gasteiger partial charge in [-0.1, -0.05) is 44.2 Å². The predicted molar refractivity (Wildman–Crippen MR) is 95.4 cm³/mol. The summed E-state index contributed by atoms with van der Waals surface area (Å²) >= 11 is 0. The first-order valence-electron chi connectivity index (χ1n) is 8.79. The van der Waals surface area contributed by atoms with Gasteiger partial charge in [0.05, 0.1) is 0 Å². The van der Waals surface area contributed by atoms with Crippen LogP contribution in [0, 0.1) is 0 Å². The molecule has 1 fully saturated rings. The van der Waals surface area contributed by atoms with E-state index < -0.39 is 12.1 Å². The highest BCUT2D eigenvalue weighted by Crippen LogP contribution is 2.20. The van der Waals surface area contributed by atoms with Crippen molar-refractivity contribution in [2.45, 2.75) is 38.4 Å². The summed E-state index contributed by atoms with van der Waals surface area (Å²) in [7, 11) is 0. The second-order valence-corrected chi connectivity index (χ2v) is 6.88. The minimum Gasteiger partial charge on any atom is -0.349 e. The number of hydrogen-bond donors (Lipinski definition) is 2. The van der Waals surface area contributed by atoms with Crippen LogP contribution in [0.2, 0.25) is 0 Å². The average Bonchev–Trinajstić information content (AvgIpc) is 3.31. The van der Waals surface area contributed by atoms with Gasteiger partial charge in [0.25, 0.3) is 11.8 Å². The van der Waals surface area contributed by atoms with Crippen molar-refractivity contribution >= 4 is 11.8 Å². The fourth-order valence-corrected chi connectivity index (χ4v) is 3.01. The van der Waals surface area contributed by atoms with Crippen LogP contribution in [0.3, 0.4) is 0 Å². The van der Waals surface area contributed by atoms with Crippen LogP contribution in [0.25, 0.3) is 0 Å². The molecule has 1 aromatic carbocycles. The number of hydrogen-bond acceptors (Lipinski definition) is 3. The van der Waals surface area contributed by atoms with Crippen LogP contribution in [0.4, 0.5) is 4.39 Å². The van der Waals surface area contributed by atoms with Crippen molar-refractivity contribution in [3.05, 3.63) is 53.3 Å². The van der Waals surface area contributed by atoms with Gasteiger partial charge >= 0.3 is 0 Å². The molecule has 2 amide bonds.